The highest BCUT2D eigenvalue weighted by Crippen LogP contribution is 2.23. The second-order valence-electron chi connectivity index (χ2n) is 6.79. The molecular weight excluding hydrogens is 344 g/mol. The van der Waals surface area contributed by atoms with Gasteiger partial charge in [0.2, 0.25) is 0 Å². The lowest BCUT2D eigenvalue weighted by atomic mass is 9.93. The molecule has 0 radical (unpaired) electrons. The molecule has 1 saturated heterocycles. The first-order chi connectivity index (χ1) is 13.0. The smallest absolute Gasteiger partial charge is 0.326 e. The monoisotopic (exact) mass is 366 g/mol. The Morgan fingerprint density at radius 2 is 1.59 bits per heavy atom. The Balaban J connectivity index is 1.55. The molecule has 0 bridgehead atoms. The number of imide groups is 1. The molecule has 27 heavy (non-hydrogen) atoms. The number of urea groups is 1. The van der Waals surface area contributed by atoms with E-state index in [1.54, 1.807) is 6.92 Å². The second kappa shape index (κ2) is 8.03. The van der Waals surface area contributed by atoms with E-state index in [2.05, 4.69) is 5.32 Å². The summed E-state index contributed by atoms with van der Waals surface area (Å²) >= 11 is 0. The molecule has 140 valence electrons. The van der Waals surface area contributed by atoms with Gasteiger partial charge in [-0.15, -0.1) is 0 Å². The first-order valence-electron chi connectivity index (χ1n) is 8.85. The molecule has 2 aromatic carbocycles. The minimum Gasteiger partial charge on any atom is -0.459 e. The Labute approximate surface area is 158 Å². The minimum atomic E-state index is -1.02. The molecule has 2 aromatic rings. The number of hydrogen-bond acceptors (Lipinski definition) is 4. The second-order valence-corrected chi connectivity index (χ2v) is 6.79. The highest BCUT2D eigenvalue weighted by Gasteiger charge is 2.48. The van der Waals surface area contributed by atoms with Crippen LogP contribution in [-0.2, 0) is 27.4 Å². The number of benzene rings is 2. The summed E-state index contributed by atoms with van der Waals surface area (Å²) in [4.78, 5) is 37.9. The molecule has 1 aliphatic heterocycles. The van der Waals surface area contributed by atoms with Gasteiger partial charge in [0, 0.05) is 0 Å². The largest absolute Gasteiger partial charge is 0.459 e. The van der Waals surface area contributed by atoms with E-state index in [1.807, 2.05) is 60.7 Å². The fourth-order valence-electron chi connectivity index (χ4n) is 3.01. The molecule has 0 spiro atoms. The molecule has 3 rings (SSSR count). The van der Waals surface area contributed by atoms with Gasteiger partial charge in [0.15, 0.2) is 0 Å². The van der Waals surface area contributed by atoms with Gasteiger partial charge in [-0.3, -0.25) is 14.5 Å². The van der Waals surface area contributed by atoms with E-state index in [4.69, 9.17) is 4.74 Å². The lowest BCUT2D eigenvalue weighted by Gasteiger charge is -2.21. The summed E-state index contributed by atoms with van der Waals surface area (Å²) in [5, 5.41) is 2.71. The van der Waals surface area contributed by atoms with Gasteiger partial charge < -0.3 is 10.1 Å². The number of nitrogens with zero attached hydrogens (tertiary/aromatic N) is 1. The van der Waals surface area contributed by atoms with E-state index in [0.29, 0.717) is 12.8 Å². The summed E-state index contributed by atoms with van der Waals surface area (Å²) in [6, 6.07) is 18.4. The molecule has 0 unspecified atom stereocenters. The standard InChI is InChI=1S/C21H22N2O4/c1-21(13-12-16-8-4-2-5-9-16)19(25)23(20(26)22-21)14-18(24)27-15-17-10-6-3-7-11-17/h2-11H,12-15H2,1H3,(H,22,26)/t21-/m1/s1. The van der Waals surface area contributed by atoms with Gasteiger partial charge in [-0.2, -0.15) is 0 Å². The SMILES string of the molecule is C[C@]1(CCc2ccccc2)NC(=O)N(CC(=O)OCc2ccccc2)C1=O. The number of esters is 1. The number of rotatable bonds is 7. The third kappa shape index (κ3) is 4.53. The topological polar surface area (TPSA) is 75.7 Å². The van der Waals surface area contributed by atoms with Crippen molar-refractivity contribution in [1.29, 1.82) is 0 Å². The van der Waals surface area contributed by atoms with Crippen LogP contribution in [0.15, 0.2) is 60.7 Å². The maximum Gasteiger partial charge on any atom is 0.326 e. The number of carbonyl (C=O) groups is 3. The van der Waals surface area contributed by atoms with E-state index in [-0.39, 0.29) is 6.61 Å². The van der Waals surface area contributed by atoms with Crippen molar-refractivity contribution in [3.8, 4) is 0 Å². The van der Waals surface area contributed by atoms with E-state index in [1.165, 1.54) is 0 Å². The summed E-state index contributed by atoms with van der Waals surface area (Å²) in [7, 11) is 0. The Hall–Kier alpha value is -3.15. The zero-order valence-corrected chi connectivity index (χ0v) is 15.2. The van der Waals surface area contributed by atoms with Crippen LogP contribution in [0.3, 0.4) is 0 Å². The van der Waals surface area contributed by atoms with Crippen molar-refractivity contribution in [2.75, 3.05) is 6.54 Å². The van der Waals surface area contributed by atoms with Gasteiger partial charge in [0.1, 0.15) is 18.7 Å². The van der Waals surface area contributed by atoms with Crippen LogP contribution < -0.4 is 5.32 Å². The van der Waals surface area contributed by atoms with Crippen LogP contribution in [0.25, 0.3) is 0 Å². The molecule has 6 nitrogen and oxygen atoms in total. The number of amides is 3. The molecular formula is C21H22N2O4. The van der Waals surface area contributed by atoms with Gasteiger partial charge in [-0.25, -0.2) is 4.79 Å². The zero-order valence-electron chi connectivity index (χ0n) is 15.2. The lowest BCUT2D eigenvalue weighted by molar-refractivity contribution is -0.148. The van der Waals surface area contributed by atoms with Crippen LogP contribution in [-0.4, -0.2) is 34.9 Å². The molecule has 3 amide bonds. The van der Waals surface area contributed by atoms with Crippen LogP contribution >= 0.6 is 0 Å². The van der Waals surface area contributed by atoms with E-state index in [9.17, 15) is 14.4 Å². The third-order valence-electron chi connectivity index (χ3n) is 4.63. The summed E-state index contributed by atoms with van der Waals surface area (Å²) in [6.45, 7) is 1.40. The Morgan fingerprint density at radius 1 is 1.00 bits per heavy atom. The Kier molecular flexibility index (Phi) is 5.54. The van der Waals surface area contributed by atoms with Crippen LogP contribution in [0.1, 0.15) is 24.5 Å². The van der Waals surface area contributed by atoms with Gasteiger partial charge >= 0.3 is 12.0 Å². The summed E-state index contributed by atoms with van der Waals surface area (Å²) in [5.41, 5.74) is 0.907. The number of carbonyl (C=O) groups excluding carboxylic acids is 3. The summed E-state index contributed by atoms with van der Waals surface area (Å²) in [5.74, 6) is -1.02. The van der Waals surface area contributed by atoms with Crippen molar-refractivity contribution >= 4 is 17.9 Å². The molecule has 0 saturated carbocycles. The highest BCUT2D eigenvalue weighted by molar-refractivity contribution is 6.08. The van der Waals surface area contributed by atoms with Crippen LogP contribution in [0, 0.1) is 0 Å². The maximum atomic E-state index is 12.7. The Morgan fingerprint density at radius 3 is 2.22 bits per heavy atom. The highest BCUT2D eigenvalue weighted by atomic mass is 16.5. The fourth-order valence-corrected chi connectivity index (χ4v) is 3.01. The van der Waals surface area contributed by atoms with Crippen molar-refractivity contribution in [2.24, 2.45) is 0 Å². The van der Waals surface area contributed by atoms with Crippen LogP contribution in [0.5, 0.6) is 0 Å². The molecule has 1 aliphatic rings. The van der Waals surface area contributed by atoms with E-state index >= 15 is 0 Å². The summed E-state index contributed by atoms with van der Waals surface area (Å²) in [6.07, 6.45) is 1.10. The van der Waals surface area contributed by atoms with Crippen LogP contribution in [0.4, 0.5) is 4.79 Å². The van der Waals surface area contributed by atoms with Crippen molar-refractivity contribution in [3.05, 3.63) is 71.8 Å². The summed E-state index contributed by atoms with van der Waals surface area (Å²) < 4.78 is 5.17. The number of ether oxygens (including phenoxy) is 1. The fraction of sp³-hybridized carbons (Fsp3) is 0.286. The van der Waals surface area contributed by atoms with Crippen molar-refractivity contribution in [1.82, 2.24) is 10.2 Å². The third-order valence-corrected chi connectivity index (χ3v) is 4.63. The minimum absolute atomic E-state index is 0.106. The molecule has 6 heteroatoms. The van der Waals surface area contributed by atoms with Gasteiger partial charge in [-0.1, -0.05) is 60.7 Å². The first kappa shape index (κ1) is 18.6. The first-order valence-corrected chi connectivity index (χ1v) is 8.85. The quantitative estimate of drug-likeness (QED) is 0.604. The predicted octanol–water partition coefficient (Wildman–Crippen LogP) is 2.67. The molecule has 1 atom stereocenters. The normalized spacial score (nSPS) is 19.1. The van der Waals surface area contributed by atoms with Crippen molar-refractivity contribution in [2.45, 2.75) is 31.9 Å². The van der Waals surface area contributed by atoms with E-state index in [0.717, 1.165) is 16.0 Å². The molecule has 0 aromatic heterocycles. The zero-order chi connectivity index (χ0) is 19.3. The Bertz CT molecular complexity index is 823. The van der Waals surface area contributed by atoms with Gasteiger partial charge in [0.05, 0.1) is 0 Å². The predicted molar refractivity (Wildman–Crippen MR) is 99.7 cm³/mol. The van der Waals surface area contributed by atoms with Gasteiger partial charge in [-0.05, 0) is 30.9 Å². The molecule has 1 N–H and O–H groups in total. The number of nitrogens with one attached hydrogen (secondary N) is 1. The van der Waals surface area contributed by atoms with Crippen LogP contribution in [0.2, 0.25) is 0 Å². The molecule has 0 aliphatic carbocycles. The van der Waals surface area contributed by atoms with Crippen molar-refractivity contribution in [3.63, 3.8) is 0 Å². The van der Waals surface area contributed by atoms with Gasteiger partial charge in [0.25, 0.3) is 5.91 Å². The lowest BCUT2D eigenvalue weighted by Crippen LogP contribution is -2.44. The average Bonchev–Trinajstić information content (AvgIpc) is 2.90. The molecule has 1 fully saturated rings. The average molecular weight is 366 g/mol. The number of hydrogen-bond donors (Lipinski definition) is 1. The number of aryl methyl sites for hydroxylation is 1. The molecule has 1 heterocycles. The maximum absolute atomic E-state index is 12.7. The van der Waals surface area contributed by atoms with E-state index < -0.39 is 30.0 Å². The van der Waals surface area contributed by atoms with Crippen molar-refractivity contribution < 1.29 is 19.1 Å².